The van der Waals surface area contributed by atoms with Crippen LogP contribution < -0.4 is 14.8 Å². The SMILES string of the molecule is CC(C)(C)c1ccc(OCn2ccc(C(=O)Nc3cc(Oc4ccc(Cl)cc4Cl)cc([N+](=O)[O-])c3)n2)cc1. The lowest BCUT2D eigenvalue weighted by molar-refractivity contribution is -0.384. The van der Waals surface area contributed by atoms with Gasteiger partial charge in [-0.3, -0.25) is 14.9 Å². The third-order valence-corrected chi connectivity index (χ3v) is 5.97. The highest BCUT2D eigenvalue weighted by molar-refractivity contribution is 6.35. The van der Waals surface area contributed by atoms with Crippen LogP contribution in [-0.4, -0.2) is 20.6 Å². The van der Waals surface area contributed by atoms with Crippen LogP contribution in [0.3, 0.4) is 0 Å². The Bertz CT molecular complexity index is 1480. The zero-order valence-corrected chi connectivity index (χ0v) is 22.3. The number of ether oxygens (including phenoxy) is 2. The predicted molar refractivity (Wildman–Crippen MR) is 146 cm³/mol. The molecule has 1 N–H and O–H groups in total. The molecule has 9 nitrogen and oxygen atoms in total. The molecule has 0 aliphatic carbocycles. The minimum atomic E-state index is -0.591. The van der Waals surface area contributed by atoms with Crippen molar-refractivity contribution in [2.75, 3.05) is 5.32 Å². The van der Waals surface area contributed by atoms with E-state index in [9.17, 15) is 14.9 Å². The van der Waals surface area contributed by atoms with Crippen molar-refractivity contribution in [2.24, 2.45) is 0 Å². The van der Waals surface area contributed by atoms with E-state index in [0.717, 1.165) is 0 Å². The van der Waals surface area contributed by atoms with Crippen LogP contribution in [0.25, 0.3) is 0 Å². The number of amides is 1. The molecule has 0 fully saturated rings. The molecule has 0 atom stereocenters. The summed E-state index contributed by atoms with van der Waals surface area (Å²) >= 11 is 12.1. The minimum absolute atomic E-state index is 0.0394. The van der Waals surface area contributed by atoms with Crippen molar-refractivity contribution >= 4 is 40.5 Å². The number of nitro benzene ring substituents is 1. The smallest absolute Gasteiger partial charge is 0.276 e. The van der Waals surface area contributed by atoms with Gasteiger partial charge < -0.3 is 14.8 Å². The summed E-state index contributed by atoms with van der Waals surface area (Å²) in [6.07, 6.45) is 1.60. The Hall–Kier alpha value is -4.08. The molecule has 0 radical (unpaired) electrons. The van der Waals surface area contributed by atoms with Crippen LogP contribution in [0.5, 0.6) is 17.2 Å². The van der Waals surface area contributed by atoms with Crippen LogP contribution in [-0.2, 0) is 12.1 Å². The van der Waals surface area contributed by atoms with Crippen molar-refractivity contribution in [1.29, 1.82) is 0 Å². The molecule has 0 aliphatic rings. The number of rotatable bonds is 8. The van der Waals surface area contributed by atoms with E-state index in [0.29, 0.717) is 10.8 Å². The van der Waals surface area contributed by atoms with Gasteiger partial charge in [0.15, 0.2) is 12.4 Å². The Balaban J connectivity index is 1.44. The number of anilines is 1. The molecule has 0 saturated heterocycles. The zero-order chi connectivity index (χ0) is 27.4. The molecule has 0 spiro atoms. The fourth-order valence-corrected chi connectivity index (χ4v) is 3.89. The minimum Gasteiger partial charge on any atom is -0.471 e. The maximum atomic E-state index is 12.8. The van der Waals surface area contributed by atoms with Gasteiger partial charge in [-0.1, -0.05) is 56.1 Å². The zero-order valence-electron chi connectivity index (χ0n) is 20.8. The average Bonchev–Trinajstić information content (AvgIpc) is 3.33. The number of halogens is 2. The molecule has 3 aromatic carbocycles. The lowest BCUT2D eigenvalue weighted by Gasteiger charge is -2.19. The summed E-state index contributed by atoms with van der Waals surface area (Å²) in [4.78, 5) is 23.7. The lowest BCUT2D eigenvalue weighted by atomic mass is 9.87. The molecule has 0 aliphatic heterocycles. The normalized spacial score (nSPS) is 11.2. The highest BCUT2D eigenvalue weighted by Crippen LogP contribution is 2.34. The van der Waals surface area contributed by atoms with E-state index in [1.807, 2.05) is 24.3 Å². The maximum absolute atomic E-state index is 12.8. The number of nitrogens with zero attached hydrogens (tertiary/aromatic N) is 3. The van der Waals surface area contributed by atoms with E-state index in [1.54, 1.807) is 12.3 Å². The number of non-ortho nitro benzene ring substituents is 1. The molecule has 0 unspecified atom stereocenters. The highest BCUT2D eigenvalue weighted by atomic mass is 35.5. The van der Waals surface area contributed by atoms with E-state index in [-0.39, 0.29) is 45.7 Å². The molecule has 4 rings (SSSR count). The van der Waals surface area contributed by atoms with Gasteiger partial charge in [0.1, 0.15) is 17.2 Å². The first-order valence-electron chi connectivity index (χ1n) is 11.5. The van der Waals surface area contributed by atoms with Gasteiger partial charge in [-0.25, -0.2) is 4.68 Å². The first-order valence-corrected chi connectivity index (χ1v) is 12.2. The summed E-state index contributed by atoms with van der Waals surface area (Å²) in [6.45, 7) is 6.50. The van der Waals surface area contributed by atoms with Crippen molar-refractivity contribution in [3.05, 3.63) is 104 Å². The Kier molecular flexibility index (Phi) is 7.89. The summed E-state index contributed by atoms with van der Waals surface area (Å²) in [5.74, 6) is 0.467. The molecular formula is C27H24Cl2N4O5. The molecule has 196 valence electrons. The van der Waals surface area contributed by atoms with Crippen LogP contribution in [0.2, 0.25) is 10.0 Å². The molecule has 1 amide bonds. The Morgan fingerprint density at radius 2 is 1.76 bits per heavy atom. The van der Waals surface area contributed by atoms with Crippen LogP contribution in [0.1, 0.15) is 36.8 Å². The lowest BCUT2D eigenvalue weighted by Crippen LogP contribution is -2.14. The quantitative estimate of drug-likeness (QED) is 0.178. The first kappa shape index (κ1) is 27.0. The van der Waals surface area contributed by atoms with Crippen LogP contribution in [0.4, 0.5) is 11.4 Å². The second-order valence-electron chi connectivity index (χ2n) is 9.39. The number of benzene rings is 3. The monoisotopic (exact) mass is 554 g/mol. The van der Waals surface area contributed by atoms with E-state index in [4.69, 9.17) is 32.7 Å². The predicted octanol–water partition coefficient (Wildman–Crippen LogP) is 7.48. The summed E-state index contributed by atoms with van der Waals surface area (Å²) < 4.78 is 12.9. The summed E-state index contributed by atoms with van der Waals surface area (Å²) in [5.41, 5.74) is 1.20. The summed E-state index contributed by atoms with van der Waals surface area (Å²) in [7, 11) is 0. The second-order valence-corrected chi connectivity index (χ2v) is 10.2. The number of hydrogen-bond donors (Lipinski definition) is 1. The molecule has 0 saturated carbocycles. The molecule has 4 aromatic rings. The van der Waals surface area contributed by atoms with Crippen molar-refractivity contribution in [1.82, 2.24) is 9.78 Å². The van der Waals surface area contributed by atoms with Gasteiger partial charge in [-0.05, 0) is 47.4 Å². The molecule has 11 heteroatoms. The van der Waals surface area contributed by atoms with Crippen LogP contribution in [0.15, 0.2) is 72.9 Å². The third-order valence-electron chi connectivity index (χ3n) is 5.44. The first-order chi connectivity index (χ1) is 18.0. The average molecular weight is 555 g/mol. The number of carbonyl (C=O) groups excluding carboxylic acids is 1. The van der Waals surface area contributed by atoms with Gasteiger partial charge in [0.2, 0.25) is 0 Å². The van der Waals surface area contributed by atoms with Gasteiger partial charge in [-0.2, -0.15) is 5.10 Å². The van der Waals surface area contributed by atoms with Gasteiger partial charge in [0.05, 0.1) is 21.7 Å². The van der Waals surface area contributed by atoms with Crippen molar-refractivity contribution < 1.29 is 19.2 Å². The summed E-state index contributed by atoms with van der Waals surface area (Å²) in [5, 5.41) is 18.9. The van der Waals surface area contributed by atoms with E-state index in [1.165, 1.54) is 46.6 Å². The molecule has 1 heterocycles. The number of nitro groups is 1. The van der Waals surface area contributed by atoms with E-state index in [2.05, 4.69) is 31.2 Å². The topological polar surface area (TPSA) is 109 Å². The van der Waals surface area contributed by atoms with E-state index >= 15 is 0 Å². The molecule has 0 bridgehead atoms. The standard InChI is InChI=1S/C27H24Cl2N4O5/c1-27(2,3)17-4-7-21(8-5-17)37-16-32-11-10-24(31-32)26(34)30-19-13-20(33(35)36)15-22(14-19)38-25-9-6-18(28)12-23(25)29/h4-15H,16H2,1-3H3,(H,30,34). The summed E-state index contributed by atoms with van der Waals surface area (Å²) in [6, 6.07) is 17.8. The number of aromatic nitrogens is 2. The van der Waals surface area contributed by atoms with Gasteiger partial charge in [0, 0.05) is 23.4 Å². The van der Waals surface area contributed by atoms with Gasteiger partial charge in [-0.15, -0.1) is 0 Å². The van der Waals surface area contributed by atoms with Crippen molar-refractivity contribution in [2.45, 2.75) is 32.9 Å². The fourth-order valence-electron chi connectivity index (χ4n) is 3.45. The Labute approximate surface area is 229 Å². The third kappa shape index (κ3) is 6.81. The van der Waals surface area contributed by atoms with Crippen molar-refractivity contribution in [3.8, 4) is 17.2 Å². The Morgan fingerprint density at radius 1 is 1.03 bits per heavy atom. The second kappa shape index (κ2) is 11.1. The highest BCUT2D eigenvalue weighted by Gasteiger charge is 2.17. The molecule has 38 heavy (non-hydrogen) atoms. The van der Waals surface area contributed by atoms with E-state index < -0.39 is 10.8 Å². The maximum Gasteiger partial charge on any atom is 0.276 e. The molecule has 1 aromatic heterocycles. The van der Waals surface area contributed by atoms with Gasteiger partial charge in [0.25, 0.3) is 11.6 Å². The fraction of sp³-hybridized carbons (Fsp3) is 0.185. The largest absolute Gasteiger partial charge is 0.471 e. The van der Waals surface area contributed by atoms with Crippen LogP contribution in [0, 0.1) is 10.1 Å². The van der Waals surface area contributed by atoms with Crippen LogP contribution >= 0.6 is 23.2 Å². The number of nitrogens with one attached hydrogen (secondary N) is 1. The number of carbonyl (C=O) groups is 1. The van der Waals surface area contributed by atoms with Crippen molar-refractivity contribution in [3.63, 3.8) is 0 Å². The Morgan fingerprint density at radius 3 is 2.42 bits per heavy atom. The van der Waals surface area contributed by atoms with Gasteiger partial charge >= 0.3 is 0 Å². The number of hydrogen-bond acceptors (Lipinski definition) is 6. The molecular weight excluding hydrogens is 531 g/mol.